The van der Waals surface area contributed by atoms with E-state index in [0.717, 1.165) is 4.31 Å². The van der Waals surface area contributed by atoms with E-state index in [2.05, 4.69) is 5.32 Å². The molecular weight excluding hydrogens is 514 g/mol. The predicted molar refractivity (Wildman–Crippen MR) is 134 cm³/mol. The molecule has 12 heteroatoms. The maximum absolute atomic E-state index is 12.9. The number of hydrogen-bond donors (Lipinski definition) is 1. The molecular formula is C23H30ClN3O6S2. The molecule has 192 valence electrons. The number of rotatable bonds is 10. The Hall–Kier alpha value is -2.18. The normalized spacial score (nSPS) is 17.3. The van der Waals surface area contributed by atoms with Crippen molar-refractivity contribution in [3.8, 4) is 5.75 Å². The largest absolute Gasteiger partial charge is 0.492 e. The Kier molecular flexibility index (Phi) is 9.16. The van der Waals surface area contributed by atoms with E-state index in [1.165, 1.54) is 30.5 Å². The van der Waals surface area contributed by atoms with Crippen LogP contribution in [0.15, 0.2) is 53.4 Å². The smallest absolute Gasteiger partial charge is 0.242 e. The van der Waals surface area contributed by atoms with Crippen molar-refractivity contribution < 1.29 is 26.4 Å². The Labute approximate surface area is 212 Å². The molecule has 1 saturated heterocycles. The highest BCUT2D eigenvalue weighted by Crippen LogP contribution is 2.23. The second kappa shape index (κ2) is 11.7. The van der Waals surface area contributed by atoms with Crippen LogP contribution >= 0.6 is 11.6 Å². The third-order valence-corrected chi connectivity index (χ3v) is 9.54. The highest BCUT2D eigenvalue weighted by Gasteiger charge is 2.32. The van der Waals surface area contributed by atoms with Crippen molar-refractivity contribution in [3.63, 3.8) is 0 Å². The van der Waals surface area contributed by atoms with Crippen LogP contribution in [0.25, 0.3) is 0 Å². The van der Waals surface area contributed by atoms with Crippen molar-refractivity contribution >= 4 is 37.6 Å². The van der Waals surface area contributed by atoms with Crippen LogP contribution in [-0.4, -0.2) is 71.7 Å². The summed E-state index contributed by atoms with van der Waals surface area (Å²) in [5.41, 5.74) is 0.605. The van der Waals surface area contributed by atoms with Gasteiger partial charge in [0.15, 0.2) is 0 Å². The average Bonchev–Trinajstić information content (AvgIpc) is 2.81. The van der Waals surface area contributed by atoms with E-state index in [9.17, 15) is 21.6 Å². The molecule has 2 aromatic carbocycles. The average molecular weight is 544 g/mol. The van der Waals surface area contributed by atoms with E-state index in [0.29, 0.717) is 35.7 Å². The van der Waals surface area contributed by atoms with E-state index >= 15 is 0 Å². The molecule has 1 fully saturated rings. The fourth-order valence-corrected chi connectivity index (χ4v) is 6.46. The summed E-state index contributed by atoms with van der Waals surface area (Å²) in [6.07, 6.45) is 1.21. The lowest BCUT2D eigenvalue weighted by Gasteiger charge is -2.31. The van der Waals surface area contributed by atoms with Crippen LogP contribution in [0.3, 0.4) is 0 Å². The summed E-state index contributed by atoms with van der Waals surface area (Å²) in [5, 5.41) is 3.27. The van der Waals surface area contributed by atoms with Crippen LogP contribution in [0.2, 0.25) is 5.02 Å². The maximum atomic E-state index is 12.9. The number of hydrogen-bond acceptors (Lipinski definition) is 6. The summed E-state index contributed by atoms with van der Waals surface area (Å²) in [5.74, 6) is -0.338. The van der Waals surface area contributed by atoms with Gasteiger partial charge in [0.1, 0.15) is 12.4 Å². The van der Waals surface area contributed by atoms with E-state index < -0.39 is 26.0 Å². The molecule has 1 unspecified atom stereocenters. The quantitative estimate of drug-likeness (QED) is 0.460. The number of piperidine rings is 1. The van der Waals surface area contributed by atoms with Gasteiger partial charge in [-0.25, -0.2) is 25.4 Å². The summed E-state index contributed by atoms with van der Waals surface area (Å²) >= 11 is 5.96. The summed E-state index contributed by atoms with van der Waals surface area (Å²) in [7, 11) is -4.16. The second-order valence-corrected chi connectivity index (χ2v) is 13.0. The van der Waals surface area contributed by atoms with Crippen molar-refractivity contribution in [3.05, 3.63) is 59.1 Å². The lowest BCUT2D eigenvalue weighted by molar-refractivity contribution is -0.126. The molecule has 1 atom stereocenters. The fourth-order valence-electron chi connectivity index (χ4n) is 3.74. The topological polar surface area (TPSA) is 113 Å². The van der Waals surface area contributed by atoms with Crippen molar-refractivity contribution in [1.82, 2.24) is 13.9 Å². The van der Waals surface area contributed by atoms with E-state index in [1.807, 2.05) is 0 Å². The molecule has 1 heterocycles. The van der Waals surface area contributed by atoms with E-state index in [1.54, 1.807) is 36.4 Å². The number of sulfonamides is 2. The number of ether oxygens (including phenoxy) is 1. The highest BCUT2D eigenvalue weighted by atomic mass is 35.5. The second-order valence-electron chi connectivity index (χ2n) is 8.48. The predicted octanol–water partition coefficient (Wildman–Crippen LogP) is 2.33. The lowest BCUT2D eigenvalue weighted by atomic mass is 9.99. The monoisotopic (exact) mass is 543 g/mol. The van der Waals surface area contributed by atoms with Crippen LogP contribution in [-0.2, 0) is 30.6 Å². The molecule has 0 bridgehead atoms. The number of carbonyl (C=O) groups is 1. The Balaban J connectivity index is 1.47. The van der Waals surface area contributed by atoms with Crippen LogP contribution in [0.4, 0.5) is 0 Å². The minimum absolute atomic E-state index is 0.136. The zero-order valence-electron chi connectivity index (χ0n) is 19.7. The highest BCUT2D eigenvalue weighted by molar-refractivity contribution is 7.89. The molecule has 1 aliphatic rings. The number of carbonyl (C=O) groups excluding carboxylic acids is 1. The molecule has 0 aromatic heterocycles. The van der Waals surface area contributed by atoms with Crippen LogP contribution in [0.1, 0.15) is 18.4 Å². The SMILES string of the molecule is CN(C)S(=O)(=O)c1ccc(OCCNC(=O)C2CCCN(S(=O)(=O)Cc3cccc(Cl)c3)C2)cc1. The summed E-state index contributed by atoms with van der Waals surface area (Å²) in [4.78, 5) is 12.8. The Morgan fingerprint density at radius 2 is 1.86 bits per heavy atom. The van der Waals surface area contributed by atoms with Gasteiger partial charge >= 0.3 is 0 Å². The van der Waals surface area contributed by atoms with E-state index in [-0.39, 0.29) is 36.3 Å². The first-order valence-corrected chi connectivity index (χ1v) is 14.6. The molecule has 1 aliphatic heterocycles. The van der Waals surface area contributed by atoms with Crippen molar-refractivity contribution in [2.45, 2.75) is 23.5 Å². The molecule has 1 amide bonds. The van der Waals surface area contributed by atoms with Crippen LogP contribution in [0.5, 0.6) is 5.75 Å². The molecule has 35 heavy (non-hydrogen) atoms. The third-order valence-electron chi connectivity index (χ3n) is 5.66. The van der Waals surface area contributed by atoms with Crippen LogP contribution < -0.4 is 10.1 Å². The van der Waals surface area contributed by atoms with Gasteiger partial charge in [-0.1, -0.05) is 23.7 Å². The minimum atomic E-state index is -3.58. The third kappa shape index (κ3) is 7.40. The molecule has 0 spiro atoms. The number of nitrogens with zero attached hydrogens (tertiary/aromatic N) is 2. The molecule has 0 aliphatic carbocycles. The van der Waals surface area contributed by atoms with Gasteiger partial charge in [-0.2, -0.15) is 0 Å². The molecule has 2 aromatic rings. The summed E-state index contributed by atoms with van der Waals surface area (Å²) in [6, 6.07) is 12.8. The maximum Gasteiger partial charge on any atom is 0.242 e. The van der Waals surface area contributed by atoms with Gasteiger partial charge < -0.3 is 10.1 Å². The summed E-state index contributed by atoms with van der Waals surface area (Å²) < 4.78 is 58.0. The molecule has 9 nitrogen and oxygen atoms in total. The first kappa shape index (κ1) is 27.4. The standard InChI is InChI=1S/C23H30ClN3O6S2/c1-26(2)35(31,32)22-10-8-21(9-11-22)33-14-12-25-23(28)19-6-4-13-27(16-19)34(29,30)17-18-5-3-7-20(24)15-18/h3,5,7-11,15,19H,4,6,12-14,16-17H2,1-2H3,(H,25,28). The fraction of sp³-hybridized carbons (Fsp3) is 0.435. The van der Waals surface area contributed by atoms with Crippen molar-refractivity contribution in [2.24, 2.45) is 5.92 Å². The zero-order chi connectivity index (χ0) is 25.6. The van der Waals surface area contributed by atoms with Crippen molar-refractivity contribution in [1.29, 1.82) is 0 Å². The van der Waals surface area contributed by atoms with Gasteiger partial charge in [0.2, 0.25) is 26.0 Å². The number of amides is 1. The minimum Gasteiger partial charge on any atom is -0.492 e. The lowest BCUT2D eigenvalue weighted by Crippen LogP contribution is -2.46. The first-order chi connectivity index (χ1) is 16.5. The zero-order valence-corrected chi connectivity index (χ0v) is 22.1. The first-order valence-electron chi connectivity index (χ1n) is 11.1. The van der Waals surface area contributed by atoms with Gasteiger partial charge in [0.25, 0.3) is 0 Å². The van der Waals surface area contributed by atoms with Crippen LogP contribution in [0, 0.1) is 5.92 Å². The molecule has 0 radical (unpaired) electrons. The Bertz CT molecular complexity index is 1230. The van der Waals surface area contributed by atoms with Gasteiger partial charge in [0, 0.05) is 32.2 Å². The Morgan fingerprint density at radius 1 is 1.14 bits per heavy atom. The Morgan fingerprint density at radius 3 is 2.51 bits per heavy atom. The molecule has 3 rings (SSSR count). The van der Waals surface area contributed by atoms with Gasteiger partial charge in [-0.15, -0.1) is 0 Å². The summed E-state index contributed by atoms with van der Waals surface area (Å²) in [6.45, 7) is 0.949. The van der Waals surface area contributed by atoms with Gasteiger partial charge in [-0.05, 0) is 54.8 Å². The van der Waals surface area contributed by atoms with E-state index in [4.69, 9.17) is 16.3 Å². The molecule has 0 saturated carbocycles. The number of nitrogens with one attached hydrogen (secondary N) is 1. The number of halogens is 1. The number of benzene rings is 2. The molecule has 1 N–H and O–H groups in total. The van der Waals surface area contributed by atoms with Gasteiger partial charge in [-0.3, -0.25) is 4.79 Å². The van der Waals surface area contributed by atoms with Crippen molar-refractivity contribution in [2.75, 3.05) is 40.3 Å². The van der Waals surface area contributed by atoms with Gasteiger partial charge in [0.05, 0.1) is 23.1 Å².